The van der Waals surface area contributed by atoms with E-state index in [4.69, 9.17) is 0 Å². The summed E-state index contributed by atoms with van der Waals surface area (Å²) < 4.78 is 3.40. The summed E-state index contributed by atoms with van der Waals surface area (Å²) in [7, 11) is 0. The van der Waals surface area contributed by atoms with E-state index < -0.39 is 0 Å². The molecule has 1 fully saturated rings. The van der Waals surface area contributed by atoms with Crippen molar-refractivity contribution < 1.29 is 0 Å². The van der Waals surface area contributed by atoms with Gasteiger partial charge in [0.15, 0.2) is 0 Å². The van der Waals surface area contributed by atoms with Gasteiger partial charge >= 0.3 is 0 Å². The Hall–Kier alpha value is -1.13. The zero-order valence-corrected chi connectivity index (χ0v) is 11.7. The van der Waals surface area contributed by atoms with Crippen molar-refractivity contribution in [3.63, 3.8) is 0 Å². The molecule has 1 unspecified atom stereocenters. The number of hydrogen-bond acceptors (Lipinski definition) is 2. The average molecular weight is 306 g/mol. The number of halogens is 1. The van der Waals surface area contributed by atoms with E-state index >= 15 is 0 Å². The largest absolute Gasteiger partial charge is 0.329 e. The number of benzene rings is 1. The number of nitrogens with one attached hydrogen (secondary N) is 1. The standard InChI is InChI=1S/C14H16BrN3/c15-12-5-2-1-4-11(12)9-18-10-16-8-14(18)13-6-3-7-17-13/h1-2,4-5,8,10,13,17H,3,6-7,9H2. The van der Waals surface area contributed by atoms with Crippen LogP contribution >= 0.6 is 15.9 Å². The van der Waals surface area contributed by atoms with Crippen LogP contribution in [0.5, 0.6) is 0 Å². The van der Waals surface area contributed by atoms with E-state index in [0.29, 0.717) is 6.04 Å². The Morgan fingerprint density at radius 1 is 1.39 bits per heavy atom. The first kappa shape index (κ1) is 11.9. The monoisotopic (exact) mass is 305 g/mol. The first-order chi connectivity index (χ1) is 8.84. The van der Waals surface area contributed by atoms with Gasteiger partial charge in [0.2, 0.25) is 0 Å². The molecule has 1 aromatic heterocycles. The lowest BCUT2D eigenvalue weighted by Gasteiger charge is -2.14. The maximum absolute atomic E-state index is 4.30. The minimum absolute atomic E-state index is 0.468. The smallest absolute Gasteiger partial charge is 0.0951 e. The topological polar surface area (TPSA) is 29.9 Å². The lowest BCUT2D eigenvalue weighted by molar-refractivity contribution is 0.584. The van der Waals surface area contributed by atoms with E-state index in [1.807, 2.05) is 18.6 Å². The molecule has 2 aromatic rings. The van der Waals surface area contributed by atoms with Crippen molar-refractivity contribution in [3.05, 3.63) is 52.5 Å². The fourth-order valence-corrected chi connectivity index (χ4v) is 2.91. The number of imidazole rings is 1. The van der Waals surface area contributed by atoms with Crippen LogP contribution in [0.3, 0.4) is 0 Å². The molecule has 0 aliphatic carbocycles. The van der Waals surface area contributed by atoms with Crippen LogP contribution in [0.2, 0.25) is 0 Å². The fourth-order valence-electron chi connectivity index (χ4n) is 2.50. The summed E-state index contributed by atoms with van der Waals surface area (Å²) >= 11 is 3.60. The highest BCUT2D eigenvalue weighted by Gasteiger charge is 2.19. The normalized spacial score (nSPS) is 19.3. The second-order valence-electron chi connectivity index (χ2n) is 4.69. The van der Waals surface area contributed by atoms with Crippen molar-refractivity contribution in [2.75, 3.05) is 6.54 Å². The highest BCUT2D eigenvalue weighted by molar-refractivity contribution is 9.10. The van der Waals surface area contributed by atoms with Crippen LogP contribution in [-0.4, -0.2) is 16.1 Å². The molecule has 94 valence electrons. The molecule has 0 spiro atoms. The Balaban J connectivity index is 1.85. The van der Waals surface area contributed by atoms with E-state index in [9.17, 15) is 0 Å². The summed E-state index contributed by atoms with van der Waals surface area (Å²) in [6.07, 6.45) is 6.38. The summed E-state index contributed by atoms with van der Waals surface area (Å²) in [5.74, 6) is 0. The zero-order chi connectivity index (χ0) is 12.4. The number of hydrogen-bond donors (Lipinski definition) is 1. The molecule has 3 nitrogen and oxygen atoms in total. The Labute approximate surface area is 115 Å². The van der Waals surface area contributed by atoms with Crippen LogP contribution in [0, 0.1) is 0 Å². The van der Waals surface area contributed by atoms with Gasteiger partial charge in [-0.1, -0.05) is 34.1 Å². The van der Waals surface area contributed by atoms with E-state index in [0.717, 1.165) is 17.6 Å². The van der Waals surface area contributed by atoms with Gasteiger partial charge in [0.25, 0.3) is 0 Å². The molecule has 0 saturated carbocycles. The van der Waals surface area contributed by atoms with Crippen molar-refractivity contribution in [1.82, 2.24) is 14.9 Å². The second kappa shape index (κ2) is 5.24. The fraction of sp³-hybridized carbons (Fsp3) is 0.357. The Kier molecular flexibility index (Phi) is 3.48. The average Bonchev–Trinajstić information content (AvgIpc) is 3.02. The quantitative estimate of drug-likeness (QED) is 0.944. The van der Waals surface area contributed by atoms with Crippen LogP contribution in [-0.2, 0) is 6.54 Å². The maximum Gasteiger partial charge on any atom is 0.0951 e. The molecule has 2 heterocycles. The van der Waals surface area contributed by atoms with Crippen molar-refractivity contribution >= 4 is 15.9 Å². The van der Waals surface area contributed by atoms with Gasteiger partial charge in [-0.25, -0.2) is 4.98 Å². The van der Waals surface area contributed by atoms with Crippen molar-refractivity contribution in [1.29, 1.82) is 0 Å². The van der Waals surface area contributed by atoms with E-state index in [2.05, 4.69) is 49.0 Å². The highest BCUT2D eigenvalue weighted by Crippen LogP contribution is 2.24. The molecule has 0 amide bonds. The van der Waals surface area contributed by atoms with Crippen LogP contribution in [0.25, 0.3) is 0 Å². The van der Waals surface area contributed by atoms with E-state index in [-0.39, 0.29) is 0 Å². The van der Waals surface area contributed by atoms with Gasteiger partial charge in [-0.2, -0.15) is 0 Å². The molecular formula is C14H16BrN3. The summed E-state index contributed by atoms with van der Waals surface area (Å²) in [5, 5.41) is 3.53. The molecule has 0 bridgehead atoms. The van der Waals surface area contributed by atoms with E-state index in [1.54, 1.807) is 0 Å². The summed E-state index contributed by atoms with van der Waals surface area (Å²) in [5.41, 5.74) is 2.58. The van der Waals surface area contributed by atoms with Gasteiger partial charge in [0, 0.05) is 23.3 Å². The van der Waals surface area contributed by atoms with Crippen molar-refractivity contribution in [3.8, 4) is 0 Å². The molecular weight excluding hydrogens is 290 g/mol. The third-order valence-corrected chi connectivity index (χ3v) is 4.23. The van der Waals surface area contributed by atoms with Gasteiger partial charge in [0.1, 0.15) is 0 Å². The second-order valence-corrected chi connectivity index (χ2v) is 5.54. The SMILES string of the molecule is Brc1ccccc1Cn1cncc1C1CCCN1. The molecule has 1 aliphatic rings. The molecule has 1 aromatic carbocycles. The Morgan fingerprint density at radius 2 is 2.28 bits per heavy atom. The predicted molar refractivity (Wildman–Crippen MR) is 75.4 cm³/mol. The van der Waals surface area contributed by atoms with E-state index in [1.165, 1.54) is 24.1 Å². The number of nitrogens with zero attached hydrogens (tertiary/aromatic N) is 2. The minimum Gasteiger partial charge on any atom is -0.329 e. The zero-order valence-electron chi connectivity index (χ0n) is 10.1. The summed E-state index contributed by atoms with van der Waals surface area (Å²) in [6.45, 7) is 1.99. The van der Waals surface area contributed by atoms with Gasteiger partial charge < -0.3 is 9.88 Å². The van der Waals surface area contributed by atoms with Gasteiger partial charge in [-0.3, -0.25) is 0 Å². The molecule has 1 saturated heterocycles. The summed E-state index contributed by atoms with van der Waals surface area (Å²) in [4.78, 5) is 4.30. The predicted octanol–water partition coefficient (Wildman–Crippen LogP) is 3.12. The molecule has 1 aliphatic heterocycles. The number of rotatable bonds is 3. The number of aromatic nitrogens is 2. The lowest BCUT2D eigenvalue weighted by atomic mass is 10.1. The molecule has 3 rings (SSSR count). The molecule has 1 atom stereocenters. The Bertz CT molecular complexity index is 529. The lowest BCUT2D eigenvalue weighted by Crippen LogP contribution is -2.17. The molecule has 0 radical (unpaired) electrons. The third-order valence-electron chi connectivity index (χ3n) is 3.46. The van der Waals surface area contributed by atoms with Crippen LogP contribution in [0.1, 0.15) is 30.1 Å². The van der Waals surface area contributed by atoms with Gasteiger partial charge in [0.05, 0.1) is 12.0 Å². The van der Waals surface area contributed by atoms with Crippen LogP contribution in [0.15, 0.2) is 41.3 Å². The van der Waals surface area contributed by atoms with Crippen LogP contribution in [0.4, 0.5) is 0 Å². The third kappa shape index (κ3) is 2.35. The van der Waals surface area contributed by atoms with Crippen molar-refractivity contribution in [2.45, 2.75) is 25.4 Å². The van der Waals surface area contributed by atoms with Gasteiger partial charge in [-0.05, 0) is 31.0 Å². The maximum atomic E-state index is 4.30. The van der Waals surface area contributed by atoms with Gasteiger partial charge in [-0.15, -0.1) is 0 Å². The Morgan fingerprint density at radius 3 is 3.06 bits per heavy atom. The summed E-state index contributed by atoms with van der Waals surface area (Å²) in [6, 6.07) is 8.82. The first-order valence-electron chi connectivity index (χ1n) is 6.31. The minimum atomic E-state index is 0.468. The molecule has 4 heteroatoms. The molecule has 18 heavy (non-hydrogen) atoms. The molecule has 1 N–H and O–H groups in total. The van der Waals surface area contributed by atoms with Crippen molar-refractivity contribution in [2.24, 2.45) is 0 Å². The first-order valence-corrected chi connectivity index (χ1v) is 7.11. The highest BCUT2D eigenvalue weighted by atomic mass is 79.9. The van der Waals surface area contributed by atoms with Crippen LogP contribution < -0.4 is 5.32 Å².